The zero-order chi connectivity index (χ0) is 18.3. The van der Waals surface area contributed by atoms with Gasteiger partial charge in [0, 0.05) is 11.6 Å². The molecule has 0 spiro atoms. The molecule has 8 heteroatoms. The van der Waals surface area contributed by atoms with E-state index in [1.54, 1.807) is 0 Å². The Morgan fingerprint density at radius 2 is 1.92 bits per heavy atom. The van der Waals surface area contributed by atoms with E-state index in [4.69, 9.17) is 11.6 Å². The first kappa shape index (κ1) is 17.9. The minimum Gasteiger partial charge on any atom is -0.266 e. The van der Waals surface area contributed by atoms with Crippen LogP contribution >= 0.6 is 11.6 Å². The number of halogens is 2. The van der Waals surface area contributed by atoms with Crippen LogP contribution in [0.4, 0.5) is 4.39 Å². The summed E-state index contributed by atoms with van der Waals surface area (Å²) < 4.78 is 42.8. The Morgan fingerprint density at radius 1 is 1.19 bits per heavy atom. The van der Waals surface area contributed by atoms with Crippen LogP contribution in [0.5, 0.6) is 0 Å². The minimum absolute atomic E-state index is 0.0541. The van der Waals surface area contributed by atoms with E-state index < -0.39 is 15.8 Å². The van der Waals surface area contributed by atoms with Gasteiger partial charge in [-0.05, 0) is 49.9 Å². The molecule has 140 valence electrons. The molecule has 1 heterocycles. The molecule has 0 saturated heterocycles. The summed E-state index contributed by atoms with van der Waals surface area (Å²) in [5, 5.41) is 4.47. The van der Waals surface area contributed by atoms with E-state index in [9.17, 15) is 12.8 Å². The quantitative estimate of drug-likeness (QED) is 0.796. The van der Waals surface area contributed by atoms with E-state index in [1.807, 2.05) is 6.07 Å². The highest BCUT2D eigenvalue weighted by atomic mass is 35.5. The smallest absolute Gasteiger partial charge is 0.240 e. The number of hydrogen-bond donors (Lipinski definition) is 1. The predicted molar refractivity (Wildman–Crippen MR) is 97.1 cm³/mol. The first-order valence-corrected chi connectivity index (χ1v) is 10.8. The Morgan fingerprint density at radius 3 is 2.58 bits per heavy atom. The van der Waals surface area contributed by atoms with Crippen LogP contribution in [-0.2, 0) is 16.6 Å². The average molecular weight is 398 g/mol. The fourth-order valence-corrected chi connectivity index (χ4v) is 4.84. The fraction of sp³-hybridized carbons (Fsp3) is 0.500. The van der Waals surface area contributed by atoms with Crippen LogP contribution < -0.4 is 4.72 Å². The lowest BCUT2D eigenvalue weighted by atomic mass is 10.2. The maximum Gasteiger partial charge on any atom is 0.240 e. The molecule has 2 aliphatic carbocycles. The summed E-state index contributed by atoms with van der Waals surface area (Å²) in [7, 11) is -3.78. The second kappa shape index (κ2) is 6.94. The van der Waals surface area contributed by atoms with Crippen molar-refractivity contribution < 1.29 is 12.8 Å². The molecular weight excluding hydrogens is 377 g/mol. The number of sulfonamides is 1. The number of rotatable bonds is 6. The third-order valence-corrected chi connectivity index (χ3v) is 6.81. The molecule has 5 nitrogen and oxygen atoms in total. The molecule has 26 heavy (non-hydrogen) atoms. The lowest BCUT2D eigenvalue weighted by Crippen LogP contribution is -2.23. The maximum atomic E-state index is 13.3. The van der Waals surface area contributed by atoms with Crippen molar-refractivity contribution in [2.24, 2.45) is 0 Å². The Hall–Kier alpha value is -1.44. The molecule has 1 aromatic carbocycles. The van der Waals surface area contributed by atoms with Crippen molar-refractivity contribution in [2.75, 3.05) is 0 Å². The fourth-order valence-electron chi connectivity index (χ4n) is 3.57. The Kier molecular flexibility index (Phi) is 4.79. The Balaban J connectivity index is 1.52. The molecule has 0 unspecified atom stereocenters. The van der Waals surface area contributed by atoms with Gasteiger partial charge in [0.2, 0.25) is 10.0 Å². The molecule has 2 fully saturated rings. The molecule has 0 aliphatic heterocycles. The molecule has 4 rings (SSSR count). The number of nitrogens with zero attached hydrogens (tertiary/aromatic N) is 2. The first-order chi connectivity index (χ1) is 12.4. The van der Waals surface area contributed by atoms with Crippen LogP contribution in [0, 0.1) is 5.82 Å². The highest BCUT2D eigenvalue weighted by Crippen LogP contribution is 2.43. The summed E-state index contributed by atoms with van der Waals surface area (Å²) >= 11 is 5.69. The van der Waals surface area contributed by atoms with Crippen LogP contribution in [0.3, 0.4) is 0 Å². The van der Waals surface area contributed by atoms with Crippen LogP contribution in [0.1, 0.15) is 61.9 Å². The van der Waals surface area contributed by atoms with Crippen molar-refractivity contribution in [3.63, 3.8) is 0 Å². The molecule has 2 aliphatic rings. The van der Waals surface area contributed by atoms with Gasteiger partial charge in [0.15, 0.2) is 0 Å². The van der Waals surface area contributed by atoms with Gasteiger partial charge in [-0.2, -0.15) is 5.10 Å². The largest absolute Gasteiger partial charge is 0.266 e. The Bertz CT molecular complexity index is 919. The van der Waals surface area contributed by atoms with Gasteiger partial charge in [-0.15, -0.1) is 0 Å². The number of benzene rings is 1. The highest BCUT2D eigenvalue weighted by molar-refractivity contribution is 7.89. The maximum absolute atomic E-state index is 13.3. The monoisotopic (exact) mass is 397 g/mol. The van der Waals surface area contributed by atoms with Crippen LogP contribution in [0.15, 0.2) is 29.2 Å². The van der Waals surface area contributed by atoms with E-state index >= 15 is 0 Å². The highest BCUT2D eigenvalue weighted by Gasteiger charge is 2.31. The van der Waals surface area contributed by atoms with Gasteiger partial charge >= 0.3 is 0 Å². The van der Waals surface area contributed by atoms with Gasteiger partial charge in [-0.1, -0.05) is 24.4 Å². The summed E-state index contributed by atoms with van der Waals surface area (Å²) in [6.45, 7) is 0.108. The molecule has 0 radical (unpaired) electrons. The van der Waals surface area contributed by atoms with Crippen molar-refractivity contribution in [3.8, 4) is 0 Å². The molecular formula is C18H21ClFN3O2S. The molecule has 0 atom stereocenters. The average Bonchev–Trinajstić information content (AvgIpc) is 3.15. The SMILES string of the molecule is O=S(=O)(NCc1cc(C2CC2)n(C2CCCC2)n1)c1ccc(F)c(Cl)c1. The second-order valence-electron chi connectivity index (χ2n) is 7.12. The molecule has 1 aromatic heterocycles. The van der Waals surface area contributed by atoms with Crippen LogP contribution in [0.2, 0.25) is 5.02 Å². The van der Waals surface area contributed by atoms with Crippen molar-refractivity contribution in [1.29, 1.82) is 0 Å². The zero-order valence-corrected chi connectivity index (χ0v) is 15.9. The number of hydrogen-bond acceptors (Lipinski definition) is 3. The molecule has 2 aromatic rings. The molecule has 1 N–H and O–H groups in total. The lowest BCUT2D eigenvalue weighted by molar-refractivity contribution is 0.446. The van der Waals surface area contributed by atoms with Crippen molar-refractivity contribution in [1.82, 2.24) is 14.5 Å². The van der Waals surface area contributed by atoms with Crippen LogP contribution in [0.25, 0.3) is 0 Å². The summed E-state index contributed by atoms with van der Waals surface area (Å²) in [5.41, 5.74) is 1.95. The van der Waals surface area contributed by atoms with Gasteiger partial charge < -0.3 is 0 Å². The van der Waals surface area contributed by atoms with Gasteiger partial charge in [-0.3, -0.25) is 4.68 Å². The van der Waals surface area contributed by atoms with Gasteiger partial charge in [0.05, 0.1) is 28.2 Å². The topological polar surface area (TPSA) is 64.0 Å². The van der Waals surface area contributed by atoms with E-state index in [0.29, 0.717) is 12.0 Å². The minimum atomic E-state index is -3.78. The molecule has 2 saturated carbocycles. The molecule has 0 bridgehead atoms. The lowest BCUT2D eigenvalue weighted by Gasteiger charge is -2.13. The van der Waals surface area contributed by atoms with Crippen molar-refractivity contribution in [3.05, 3.63) is 46.5 Å². The summed E-state index contributed by atoms with van der Waals surface area (Å²) in [6.07, 6.45) is 7.08. The molecule has 0 amide bonds. The second-order valence-corrected chi connectivity index (χ2v) is 9.29. The first-order valence-electron chi connectivity index (χ1n) is 8.97. The zero-order valence-electron chi connectivity index (χ0n) is 14.3. The third kappa shape index (κ3) is 3.66. The predicted octanol–water partition coefficient (Wildman–Crippen LogP) is 4.15. The summed E-state index contributed by atoms with van der Waals surface area (Å²) in [6, 6.07) is 5.84. The van der Waals surface area contributed by atoms with Gasteiger partial charge in [-0.25, -0.2) is 17.5 Å². The number of aromatic nitrogens is 2. The van der Waals surface area contributed by atoms with Gasteiger partial charge in [0.25, 0.3) is 0 Å². The van der Waals surface area contributed by atoms with E-state index in [-0.39, 0.29) is 16.5 Å². The Labute approximate surface area is 157 Å². The van der Waals surface area contributed by atoms with Crippen molar-refractivity contribution in [2.45, 2.75) is 61.9 Å². The van der Waals surface area contributed by atoms with E-state index in [2.05, 4.69) is 14.5 Å². The normalized spacial score (nSPS) is 18.5. The standard InChI is InChI=1S/C18H21ClFN3O2S/c19-16-10-15(7-8-17(16)20)26(24,25)21-11-13-9-18(12-5-6-12)23(22-13)14-3-1-2-4-14/h7-10,12,14,21H,1-6,11H2. The third-order valence-electron chi connectivity index (χ3n) is 5.13. The van der Waals surface area contributed by atoms with Gasteiger partial charge in [0.1, 0.15) is 5.82 Å². The summed E-state index contributed by atoms with van der Waals surface area (Å²) in [4.78, 5) is -0.0541. The van der Waals surface area contributed by atoms with Crippen molar-refractivity contribution >= 4 is 21.6 Å². The summed E-state index contributed by atoms with van der Waals surface area (Å²) in [5.74, 6) is -0.0839. The van der Waals surface area contributed by atoms with E-state index in [1.165, 1.54) is 37.4 Å². The van der Waals surface area contributed by atoms with Crippen LogP contribution in [-0.4, -0.2) is 18.2 Å². The number of nitrogens with one attached hydrogen (secondary N) is 1. The van der Waals surface area contributed by atoms with E-state index in [0.717, 1.165) is 30.7 Å².